The van der Waals surface area contributed by atoms with Crippen molar-refractivity contribution in [3.8, 4) is 5.75 Å². The van der Waals surface area contributed by atoms with Crippen LogP contribution < -0.4 is 10.1 Å². The summed E-state index contributed by atoms with van der Waals surface area (Å²) in [6.07, 6.45) is 2.55. The van der Waals surface area contributed by atoms with Gasteiger partial charge >= 0.3 is 0 Å². The van der Waals surface area contributed by atoms with Crippen LogP contribution in [-0.4, -0.2) is 6.04 Å². The molecule has 1 saturated carbocycles. The molecular formula is C17H17BrClNO. The van der Waals surface area contributed by atoms with Crippen molar-refractivity contribution in [3.05, 3.63) is 63.1 Å². The highest BCUT2D eigenvalue weighted by Gasteiger charge is 2.20. The van der Waals surface area contributed by atoms with Crippen molar-refractivity contribution in [1.29, 1.82) is 0 Å². The Morgan fingerprint density at radius 2 is 2.05 bits per heavy atom. The number of hydrogen-bond donors (Lipinski definition) is 1. The molecule has 110 valence electrons. The lowest BCUT2D eigenvalue weighted by atomic mass is 10.2. The Labute approximate surface area is 138 Å². The summed E-state index contributed by atoms with van der Waals surface area (Å²) < 4.78 is 7.03. The van der Waals surface area contributed by atoms with Gasteiger partial charge in [-0.05, 0) is 48.7 Å². The first-order chi connectivity index (χ1) is 10.2. The van der Waals surface area contributed by atoms with Crippen molar-refractivity contribution >= 4 is 27.5 Å². The molecule has 1 aliphatic carbocycles. The van der Waals surface area contributed by atoms with Gasteiger partial charge in [-0.2, -0.15) is 0 Å². The first-order valence-corrected chi connectivity index (χ1v) is 8.27. The van der Waals surface area contributed by atoms with E-state index < -0.39 is 0 Å². The Balaban J connectivity index is 1.68. The van der Waals surface area contributed by atoms with Crippen molar-refractivity contribution in [2.75, 3.05) is 0 Å². The third-order valence-corrected chi connectivity index (χ3v) is 4.19. The van der Waals surface area contributed by atoms with Crippen LogP contribution in [0.1, 0.15) is 24.0 Å². The van der Waals surface area contributed by atoms with Gasteiger partial charge in [-0.25, -0.2) is 0 Å². The molecule has 3 rings (SSSR count). The third kappa shape index (κ3) is 4.47. The standard InChI is InChI=1S/C17H17BrClNO/c18-14-3-1-2-12(8-14)11-21-17-7-4-15(19)9-13(17)10-20-16-5-6-16/h1-4,7-9,16,20H,5-6,10-11H2. The minimum Gasteiger partial charge on any atom is -0.489 e. The van der Waals surface area contributed by atoms with E-state index in [9.17, 15) is 0 Å². The van der Waals surface area contributed by atoms with Gasteiger partial charge in [0.1, 0.15) is 12.4 Å². The molecule has 0 atom stereocenters. The van der Waals surface area contributed by atoms with Gasteiger partial charge in [0.05, 0.1) is 0 Å². The van der Waals surface area contributed by atoms with Crippen LogP contribution in [0.5, 0.6) is 5.75 Å². The number of ether oxygens (including phenoxy) is 1. The van der Waals surface area contributed by atoms with Crippen molar-refractivity contribution < 1.29 is 4.74 Å². The molecule has 0 saturated heterocycles. The number of hydrogen-bond acceptors (Lipinski definition) is 2. The van der Waals surface area contributed by atoms with Gasteiger partial charge < -0.3 is 10.1 Å². The van der Waals surface area contributed by atoms with Crippen molar-refractivity contribution in [2.45, 2.75) is 32.0 Å². The number of benzene rings is 2. The van der Waals surface area contributed by atoms with Crippen LogP contribution in [0.4, 0.5) is 0 Å². The number of rotatable bonds is 6. The van der Waals surface area contributed by atoms with Crippen molar-refractivity contribution in [1.82, 2.24) is 5.32 Å². The molecule has 21 heavy (non-hydrogen) atoms. The van der Waals surface area contributed by atoms with Gasteiger partial charge in [0.25, 0.3) is 0 Å². The maximum atomic E-state index is 6.10. The molecule has 0 radical (unpaired) electrons. The molecule has 1 N–H and O–H groups in total. The van der Waals surface area contributed by atoms with Crippen molar-refractivity contribution in [3.63, 3.8) is 0 Å². The molecule has 0 unspecified atom stereocenters. The second kappa shape index (κ2) is 6.82. The Morgan fingerprint density at radius 3 is 2.81 bits per heavy atom. The molecule has 2 nitrogen and oxygen atoms in total. The van der Waals surface area contributed by atoms with Gasteiger partial charge in [-0.3, -0.25) is 0 Å². The van der Waals surface area contributed by atoms with E-state index >= 15 is 0 Å². The van der Waals surface area contributed by atoms with E-state index in [4.69, 9.17) is 16.3 Å². The van der Waals surface area contributed by atoms with Gasteiger partial charge in [0, 0.05) is 27.6 Å². The second-order valence-electron chi connectivity index (χ2n) is 5.33. The molecule has 2 aromatic rings. The SMILES string of the molecule is Clc1ccc(OCc2cccc(Br)c2)c(CNC2CC2)c1. The normalized spacial score (nSPS) is 14.2. The highest BCUT2D eigenvalue weighted by atomic mass is 79.9. The van der Waals surface area contributed by atoms with Crippen LogP contribution in [0.15, 0.2) is 46.9 Å². The quantitative estimate of drug-likeness (QED) is 0.782. The topological polar surface area (TPSA) is 21.3 Å². The summed E-state index contributed by atoms with van der Waals surface area (Å²) in [5.41, 5.74) is 2.25. The van der Waals surface area contributed by atoms with Gasteiger partial charge in [-0.1, -0.05) is 39.7 Å². The Hall–Kier alpha value is -1.03. The van der Waals surface area contributed by atoms with Crippen LogP contribution in [0, 0.1) is 0 Å². The Kier molecular flexibility index (Phi) is 4.84. The fraction of sp³-hybridized carbons (Fsp3) is 0.294. The average molecular weight is 367 g/mol. The summed E-state index contributed by atoms with van der Waals surface area (Å²) in [6, 6.07) is 14.6. The lowest BCUT2D eigenvalue weighted by Gasteiger charge is -2.13. The molecule has 0 aliphatic heterocycles. The molecular weight excluding hydrogens is 350 g/mol. The lowest BCUT2D eigenvalue weighted by molar-refractivity contribution is 0.302. The molecule has 4 heteroatoms. The number of halogens is 2. The van der Waals surface area contributed by atoms with Crippen LogP contribution in [0.2, 0.25) is 5.02 Å². The van der Waals surface area contributed by atoms with E-state index in [-0.39, 0.29) is 0 Å². The van der Waals surface area contributed by atoms with Crippen LogP contribution in [0.3, 0.4) is 0 Å². The fourth-order valence-corrected chi connectivity index (χ4v) is 2.80. The Bertz CT molecular complexity index is 628. The highest BCUT2D eigenvalue weighted by Crippen LogP contribution is 2.26. The molecule has 1 aliphatic rings. The first kappa shape index (κ1) is 14.9. The summed E-state index contributed by atoms with van der Waals surface area (Å²) in [5, 5.41) is 4.25. The Morgan fingerprint density at radius 1 is 1.19 bits per heavy atom. The largest absolute Gasteiger partial charge is 0.489 e. The second-order valence-corrected chi connectivity index (χ2v) is 6.68. The molecule has 0 heterocycles. The van der Waals surface area contributed by atoms with Crippen LogP contribution in [-0.2, 0) is 13.2 Å². The average Bonchev–Trinajstić information content (AvgIpc) is 3.28. The van der Waals surface area contributed by atoms with E-state index in [1.807, 2.05) is 30.3 Å². The fourth-order valence-electron chi connectivity index (χ4n) is 2.16. The van der Waals surface area contributed by atoms with Crippen molar-refractivity contribution in [2.24, 2.45) is 0 Å². The van der Waals surface area contributed by atoms with E-state index in [1.165, 1.54) is 12.8 Å². The minimum absolute atomic E-state index is 0.553. The van der Waals surface area contributed by atoms with E-state index in [1.54, 1.807) is 0 Å². The lowest BCUT2D eigenvalue weighted by Crippen LogP contribution is -2.16. The van der Waals surface area contributed by atoms with E-state index in [0.29, 0.717) is 12.6 Å². The summed E-state index contributed by atoms with van der Waals surface area (Å²) >= 11 is 9.57. The summed E-state index contributed by atoms with van der Waals surface area (Å²) in [5.74, 6) is 0.896. The molecule has 0 aromatic heterocycles. The summed E-state index contributed by atoms with van der Waals surface area (Å²) in [6.45, 7) is 1.36. The van der Waals surface area contributed by atoms with Crippen LogP contribution in [0.25, 0.3) is 0 Å². The van der Waals surface area contributed by atoms with Gasteiger partial charge in [0.2, 0.25) is 0 Å². The predicted molar refractivity (Wildman–Crippen MR) is 89.8 cm³/mol. The smallest absolute Gasteiger partial charge is 0.124 e. The maximum Gasteiger partial charge on any atom is 0.124 e. The maximum absolute atomic E-state index is 6.10. The molecule has 0 spiro atoms. The van der Waals surface area contributed by atoms with E-state index in [0.717, 1.165) is 32.9 Å². The predicted octanol–water partition coefficient (Wildman–Crippen LogP) is 4.93. The van der Waals surface area contributed by atoms with E-state index in [2.05, 4.69) is 33.4 Å². The third-order valence-electron chi connectivity index (χ3n) is 3.46. The summed E-state index contributed by atoms with van der Waals surface area (Å²) in [4.78, 5) is 0. The molecule has 0 bridgehead atoms. The molecule has 1 fully saturated rings. The molecule has 2 aromatic carbocycles. The zero-order valence-corrected chi connectivity index (χ0v) is 14.0. The molecule has 0 amide bonds. The van der Waals surface area contributed by atoms with Gasteiger partial charge in [0.15, 0.2) is 0 Å². The zero-order valence-electron chi connectivity index (χ0n) is 11.6. The highest BCUT2D eigenvalue weighted by molar-refractivity contribution is 9.10. The van der Waals surface area contributed by atoms with Crippen LogP contribution >= 0.6 is 27.5 Å². The minimum atomic E-state index is 0.553. The zero-order chi connectivity index (χ0) is 14.7. The summed E-state index contributed by atoms with van der Waals surface area (Å²) in [7, 11) is 0. The first-order valence-electron chi connectivity index (χ1n) is 7.10. The van der Waals surface area contributed by atoms with Gasteiger partial charge in [-0.15, -0.1) is 0 Å². The monoisotopic (exact) mass is 365 g/mol. The number of nitrogens with one attached hydrogen (secondary N) is 1.